The summed E-state index contributed by atoms with van der Waals surface area (Å²) in [5.41, 5.74) is 4.92. The third-order valence-corrected chi connectivity index (χ3v) is 4.52. The van der Waals surface area contributed by atoms with Crippen LogP contribution < -0.4 is 0 Å². The molecule has 1 aromatic carbocycles. The number of nitrogens with zero attached hydrogens (tertiary/aromatic N) is 4. The van der Waals surface area contributed by atoms with E-state index in [1.165, 1.54) is 5.69 Å². The van der Waals surface area contributed by atoms with Crippen LogP contribution in [0, 0.1) is 0 Å². The molecule has 1 aliphatic heterocycles. The molecule has 5 heteroatoms. The van der Waals surface area contributed by atoms with Gasteiger partial charge in [-0.15, -0.1) is 0 Å². The average Bonchev–Trinajstić information content (AvgIpc) is 3.38. The van der Waals surface area contributed by atoms with Crippen LogP contribution in [-0.4, -0.2) is 19.7 Å². The maximum atomic E-state index is 6.11. The second kappa shape index (κ2) is 5.70. The lowest BCUT2D eigenvalue weighted by Crippen LogP contribution is -1.94. The van der Waals surface area contributed by atoms with Crippen LogP contribution in [-0.2, 0) is 13.0 Å². The lowest BCUT2D eigenvalue weighted by Gasteiger charge is -2.01. The van der Waals surface area contributed by atoms with Gasteiger partial charge in [0.1, 0.15) is 5.69 Å². The maximum Gasteiger partial charge on any atom is 0.226 e. The normalized spacial score (nSPS) is 13.1. The molecule has 5 rings (SSSR count). The second-order valence-electron chi connectivity index (χ2n) is 6.11. The molecule has 25 heavy (non-hydrogen) atoms. The van der Waals surface area contributed by atoms with Crippen LogP contribution in [0.3, 0.4) is 0 Å². The van der Waals surface area contributed by atoms with Gasteiger partial charge in [-0.25, -0.2) is 4.98 Å². The monoisotopic (exact) mass is 328 g/mol. The minimum atomic E-state index is 0.625. The number of fused-ring (bicyclic) bond motifs is 1. The van der Waals surface area contributed by atoms with Gasteiger partial charge in [-0.2, -0.15) is 5.10 Å². The average molecular weight is 328 g/mol. The summed E-state index contributed by atoms with van der Waals surface area (Å²) >= 11 is 0. The lowest BCUT2D eigenvalue weighted by molar-refractivity contribution is 0.588. The molecule has 0 fully saturated rings. The van der Waals surface area contributed by atoms with Crippen LogP contribution in [0.25, 0.3) is 34.2 Å². The molecule has 0 saturated heterocycles. The fourth-order valence-electron chi connectivity index (χ4n) is 3.38. The van der Waals surface area contributed by atoms with Crippen molar-refractivity contribution in [2.45, 2.75) is 19.4 Å². The van der Waals surface area contributed by atoms with E-state index in [0.717, 1.165) is 47.7 Å². The van der Waals surface area contributed by atoms with E-state index in [9.17, 15) is 0 Å². The fourth-order valence-corrected chi connectivity index (χ4v) is 3.38. The highest BCUT2D eigenvalue weighted by molar-refractivity contribution is 5.79. The first-order valence-corrected chi connectivity index (χ1v) is 8.43. The van der Waals surface area contributed by atoms with Gasteiger partial charge >= 0.3 is 0 Å². The standard InChI is InChI=1S/C20H16N4O/c1-2-7-14(8-3-1)20-22-13-17(25-20)18-16-10-6-12-24(16)23-19(18)15-9-4-5-11-21-15/h1-5,7-9,11,13H,6,10,12H2. The van der Waals surface area contributed by atoms with Crippen molar-refractivity contribution in [3.8, 4) is 34.2 Å². The number of aryl methyl sites for hydroxylation is 1. The smallest absolute Gasteiger partial charge is 0.226 e. The summed E-state index contributed by atoms with van der Waals surface area (Å²) in [6.45, 7) is 0.939. The van der Waals surface area contributed by atoms with Gasteiger partial charge in [0.2, 0.25) is 5.89 Å². The number of aromatic nitrogens is 4. The molecule has 3 aromatic heterocycles. The van der Waals surface area contributed by atoms with E-state index in [1.54, 1.807) is 12.4 Å². The molecule has 4 heterocycles. The van der Waals surface area contributed by atoms with Crippen molar-refractivity contribution in [1.29, 1.82) is 0 Å². The molecule has 0 bridgehead atoms. The van der Waals surface area contributed by atoms with Crippen LogP contribution in [0.15, 0.2) is 65.3 Å². The van der Waals surface area contributed by atoms with Gasteiger partial charge in [0.15, 0.2) is 5.76 Å². The predicted octanol–water partition coefficient (Wildman–Crippen LogP) is 4.21. The van der Waals surface area contributed by atoms with Crippen molar-refractivity contribution in [2.75, 3.05) is 0 Å². The highest BCUT2D eigenvalue weighted by atomic mass is 16.4. The van der Waals surface area contributed by atoms with Gasteiger partial charge in [0.05, 0.1) is 23.1 Å². The van der Waals surface area contributed by atoms with E-state index in [-0.39, 0.29) is 0 Å². The number of benzene rings is 1. The van der Waals surface area contributed by atoms with Gasteiger partial charge in [-0.05, 0) is 37.1 Å². The number of hydrogen-bond donors (Lipinski definition) is 0. The largest absolute Gasteiger partial charge is 0.436 e. The van der Waals surface area contributed by atoms with E-state index in [4.69, 9.17) is 9.52 Å². The summed E-state index contributed by atoms with van der Waals surface area (Å²) in [6.07, 6.45) is 5.69. The molecular formula is C20H16N4O. The van der Waals surface area contributed by atoms with Crippen molar-refractivity contribution in [3.63, 3.8) is 0 Å². The van der Waals surface area contributed by atoms with Crippen LogP contribution in [0.4, 0.5) is 0 Å². The second-order valence-corrected chi connectivity index (χ2v) is 6.11. The maximum absolute atomic E-state index is 6.11. The summed E-state index contributed by atoms with van der Waals surface area (Å²) in [7, 11) is 0. The number of rotatable bonds is 3. The van der Waals surface area contributed by atoms with Gasteiger partial charge in [-0.3, -0.25) is 9.67 Å². The number of oxazole rings is 1. The van der Waals surface area contributed by atoms with E-state index in [0.29, 0.717) is 5.89 Å². The summed E-state index contributed by atoms with van der Waals surface area (Å²) < 4.78 is 8.18. The zero-order valence-electron chi connectivity index (χ0n) is 13.6. The Morgan fingerprint density at radius 2 is 1.84 bits per heavy atom. The van der Waals surface area contributed by atoms with Crippen molar-refractivity contribution < 1.29 is 4.42 Å². The van der Waals surface area contributed by atoms with Crippen LogP contribution in [0.2, 0.25) is 0 Å². The molecule has 0 atom stereocenters. The first-order valence-electron chi connectivity index (χ1n) is 8.43. The highest BCUT2D eigenvalue weighted by Crippen LogP contribution is 2.38. The summed E-state index contributed by atoms with van der Waals surface area (Å²) in [5.74, 6) is 1.38. The van der Waals surface area contributed by atoms with E-state index in [1.807, 2.05) is 48.5 Å². The molecule has 0 unspecified atom stereocenters. The zero-order valence-corrected chi connectivity index (χ0v) is 13.6. The van der Waals surface area contributed by atoms with Crippen LogP contribution >= 0.6 is 0 Å². The molecule has 1 aliphatic rings. The third kappa shape index (κ3) is 2.36. The van der Waals surface area contributed by atoms with Crippen molar-refractivity contribution in [3.05, 3.63) is 66.6 Å². The molecule has 5 nitrogen and oxygen atoms in total. The minimum absolute atomic E-state index is 0.625. The van der Waals surface area contributed by atoms with E-state index >= 15 is 0 Å². The lowest BCUT2D eigenvalue weighted by atomic mass is 10.1. The van der Waals surface area contributed by atoms with Crippen molar-refractivity contribution in [1.82, 2.24) is 19.7 Å². The van der Waals surface area contributed by atoms with Crippen molar-refractivity contribution in [2.24, 2.45) is 0 Å². The quantitative estimate of drug-likeness (QED) is 0.565. The topological polar surface area (TPSA) is 56.7 Å². The Hall–Kier alpha value is -3.21. The Labute approximate surface area is 145 Å². The van der Waals surface area contributed by atoms with Gasteiger partial charge in [0.25, 0.3) is 0 Å². The molecule has 0 aliphatic carbocycles. The molecule has 0 saturated carbocycles. The first-order chi connectivity index (χ1) is 12.4. The molecule has 0 spiro atoms. The molecule has 4 aromatic rings. The van der Waals surface area contributed by atoms with E-state index < -0.39 is 0 Å². The van der Waals surface area contributed by atoms with Crippen LogP contribution in [0.1, 0.15) is 12.1 Å². The number of pyridine rings is 1. The summed E-state index contributed by atoms with van der Waals surface area (Å²) in [5, 5.41) is 4.79. The van der Waals surface area contributed by atoms with Crippen molar-refractivity contribution >= 4 is 0 Å². The first kappa shape index (κ1) is 14.2. The minimum Gasteiger partial charge on any atom is -0.436 e. The third-order valence-electron chi connectivity index (χ3n) is 4.52. The highest BCUT2D eigenvalue weighted by Gasteiger charge is 2.26. The molecule has 0 amide bonds. The van der Waals surface area contributed by atoms with E-state index in [2.05, 4.69) is 14.6 Å². The summed E-state index contributed by atoms with van der Waals surface area (Å²) in [4.78, 5) is 8.95. The van der Waals surface area contributed by atoms with Crippen LogP contribution in [0.5, 0.6) is 0 Å². The summed E-state index contributed by atoms with van der Waals surface area (Å²) in [6, 6.07) is 15.8. The fraction of sp³-hybridized carbons (Fsp3) is 0.150. The predicted molar refractivity (Wildman–Crippen MR) is 94.7 cm³/mol. The SMILES string of the molecule is c1ccc(-c2ncc(-c3c(-c4ccccn4)nn4c3CCC4)o2)cc1. The van der Waals surface area contributed by atoms with Gasteiger partial charge < -0.3 is 4.42 Å². The Bertz CT molecular complexity index is 1020. The van der Waals surface area contributed by atoms with Gasteiger partial charge in [0, 0.05) is 18.3 Å². The molecular weight excluding hydrogens is 312 g/mol. The Morgan fingerprint density at radius 1 is 0.960 bits per heavy atom. The zero-order chi connectivity index (χ0) is 16.6. The Morgan fingerprint density at radius 3 is 2.68 bits per heavy atom. The van der Waals surface area contributed by atoms with Gasteiger partial charge in [-0.1, -0.05) is 24.3 Å². The number of hydrogen-bond acceptors (Lipinski definition) is 4. The molecule has 0 N–H and O–H groups in total. The Balaban J connectivity index is 1.66. The molecule has 0 radical (unpaired) electrons. The Kier molecular flexibility index (Phi) is 3.23. The molecule has 122 valence electrons.